The summed E-state index contributed by atoms with van der Waals surface area (Å²) in [7, 11) is 1.53. The summed E-state index contributed by atoms with van der Waals surface area (Å²) >= 11 is 5.93. The van der Waals surface area contributed by atoms with E-state index in [1.165, 1.54) is 7.11 Å². The number of fused-ring (bicyclic) bond motifs is 1. The van der Waals surface area contributed by atoms with Crippen molar-refractivity contribution in [2.24, 2.45) is 0 Å². The fraction of sp³-hybridized carbons (Fsp3) is 0.357. The number of carbonyl (C=O) groups excluding carboxylic acids is 1. The van der Waals surface area contributed by atoms with Gasteiger partial charge in [-0.05, 0) is 24.6 Å². The lowest BCUT2D eigenvalue weighted by Crippen LogP contribution is -2.29. The van der Waals surface area contributed by atoms with Crippen molar-refractivity contribution in [1.82, 2.24) is 20.1 Å². The van der Waals surface area contributed by atoms with Crippen molar-refractivity contribution in [3.05, 3.63) is 34.9 Å². The SMILES string of the molecule is COc1ccc(Cl)cc1NC(=O)NCc1nnc2n1CCC2. The van der Waals surface area contributed by atoms with Gasteiger partial charge in [-0.3, -0.25) is 0 Å². The topological polar surface area (TPSA) is 81.1 Å². The van der Waals surface area contributed by atoms with E-state index in [-0.39, 0.29) is 6.03 Å². The van der Waals surface area contributed by atoms with Gasteiger partial charge in [-0.1, -0.05) is 11.6 Å². The van der Waals surface area contributed by atoms with Crippen molar-refractivity contribution in [3.8, 4) is 5.75 Å². The van der Waals surface area contributed by atoms with E-state index in [0.29, 0.717) is 23.0 Å². The van der Waals surface area contributed by atoms with Crippen LogP contribution in [-0.4, -0.2) is 27.9 Å². The third kappa shape index (κ3) is 2.99. The van der Waals surface area contributed by atoms with E-state index in [1.54, 1.807) is 18.2 Å². The van der Waals surface area contributed by atoms with Crippen LogP contribution in [0.3, 0.4) is 0 Å². The molecular formula is C14H16ClN5O2. The van der Waals surface area contributed by atoms with Gasteiger partial charge in [0.05, 0.1) is 19.3 Å². The smallest absolute Gasteiger partial charge is 0.319 e. The Balaban J connectivity index is 1.62. The van der Waals surface area contributed by atoms with Crippen LogP contribution in [0.4, 0.5) is 10.5 Å². The van der Waals surface area contributed by atoms with Crippen LogP contribution < -0.4 is 15.4 Å². The summed E-state index contributed by atoms with van der Waals surface area (Å²) in [5.74, 6) is 2.29. The molecule has 0 saturated heterocycles. The number of aromatic nitrogens is 3. The van der Waals surface area contributed by atoms with Gasteiger partial charge in [-0.15, -0.1) is 10.2 Å². The number of methoxy groups -OCH3 is 1. The Kier molecular flexibility index (Phi) is 4.15. The summed E-state index contributed by atoms with van der Waals surface area (Å²) < 4.78 is 7.23. The molecule has 0 radical (unpaired) electrons. The maximum Gasteiger partial charge on any atom is 0.319 e. The lowest BCUT2D eigenvalue weighted by Gasteiger charge is -2.11. The van der Waals surface area contributed by atoms with Gasteiger partial charge in [0.15, 0.2) is 5.82 Å². The average Bonchev–Trinajstić information content (AvgIpc) is 3.09. The van der Waals surface area contributed by atoms with E-state index in [4.69, 9.17) is 16.3 Å². The van der Waals surface area contributed by atoms with E-state index in [1.807, 2.05) is 4.57 Å². The molecule has 7 nitrogen and oxygen atoms in total. The van der Waals surface area contributed by atoms with E-state index in [0.717, 1.165) is 31.0 Å². The van der Waals surface area contributed by atoms with Crippen LogP contribution in [0, 0.1) is 0 Å². The van der Waals surface area contributed by atoms with Crippen molar-refractivity contribution < 1.29 is 9.53 Å². The van der Waals surface area contributed by atoms with E-state index in [9.17, 15) is 4.79 Å². The molecule has 0 fully saturated rings. The monoisotopic (exact) mass is 321 g/mol. The number of rotatable bonds is 4. The summed E-state index contributed by atoms with van der Waals surface area (Å²) in [6, 6.07) is 4.68. The molecule has 1 aromatic carbocycles. The maximum atomic E-state index is 12.0. The highest BCUT2D eigenvalue weighted by atomic mass is 35.5. The first-order chi connectivity index (χ1) is 10.7. The highest BCUT2D eigenvalue weighted by Crippen LogP contribution is 2.27. The van der Waals surface area contributed by atoms with Crippen molar-refractivity contribution >= 4 is 23.3 Å². The molecule has 1 aliphatic heterocycles. The molecule has 0 atom stereocenters. The molecule has 0 unspecified atom stereocenters. The standard InChI is InChI=1S/C14H16ClN5O2/c1-22-11-5-4-9(15)7-10(11)17-14(21)16-8-13-19-18-12-3-2-6-20(12)13/h4-5,7H,2-3,6,8H2,1H3,(H2,16,17,21). The molecule has 1 aliphatic rings. The minimum atomic E-state index is -0.351. The molecule has 3 rings (SSSR count). The zero-order chi connectivity index (χ0) is 15.5. The zero-order valence-corrected chi connectivity index (χ0v) is 12.9. The Labute approximate surface area is 132 Å². The second kappa shape index (κ2) is 6.23. The Morgan fingerprint density at radius 3 is 3.14 bits per heavy atom. The molecule has 2 heterocycles. The second-order valence-corrected chi connectivity index (χ2v) is 5.38. The van der Waals surface area contributed by atoms with E-state index >= 15 is 0 Å². The van der Waals surface area contributed by atoms with E-state index < -0.39 is 0 Å². The van der Waals surface area contributed by atoms with Crippen LogP contribution in [0.1, 0.15) is 18.1 Å². The molecule has 2 N–H and O–H groups in total. The van der Waals surface area contributed by atoms with Gasteiger partial charge >= 0.3 is 6.03 Å². The number of amides is 2. The number of nitrogens with one attached hydrogen (secondary N) is 2. The quantitative estimate of drug-likeness (QED) is 0.904. The van der Waals surface area contributed by atoms with Crippen molar-refractivity contribution in [3.63, 3.8) is 0 Å². The van der Waals surface area contributed by atoms with Gasteiger partial charge in [0, 0.05) is 18.0 Å². The highest BCUT2D eigenvalue weighted by molar-refractivity contribution is 6.31. The Bertz CT molecular complexity index is 701. The Morgan fingerprint density at radius 2 is 2.32 bits per heavy atom. The lowest BCUT2D eigenvalue weighted by molar-refractivity contribution is 0.251. The number of halogens is 1. The molecule has 1 aromatic heterocycles. The first-order valence-corrected chi connectivity index (χ1v) is 7.34. The van der Waals surface area contributed by atoms with Crippen LogP contribution in [0.15, 0.2) is 18.2 Å². The highest BCUT2D eigenvalue weighted by Gasteiger charge is 2.17. The normalized spacial score (nSPS) is 12.8. The number of urea groups is 1. The number of carbonyl (C=O) groups is 1. The number of anilines is 1. The van der Waals surface area contributed by atoms with Crippen LogP contribution in [0.25, 0.3) is 0 Å². The number of hydrogen-bond donors (Lipinski definition) is 2. The first kappa shape index (κ1) is 14.6. The van der Waals surface area contributed by atoms with Crippen molar-refractivity contribution in [2.75, 3.05) is 12.4 Å². The average molecular weight is 322 g/mol. The lowest BCUT2D eigenvalue weighted by atomic mass is 10.3. The number of nitrogens with zero attached hydrogens (tertiary/aromatic N) is 3. The van der Waals surface area contributed by atoms with Gasteiger partial charge in [-0.2, -0.15) is 0 Å². The molecule has 22 heavy (non-hydrogen) atoms. The second-order valence-electron chi connectivity index (χ2n) is 4.94. The number of ether oxygens (including phenoxy) is 1. The zero-order valence-electron chi connectivity index (χ0n) is 12.1. The van der Waals surface area contributed by atoms with Gasteiger partial charge in [0.25, 0.3) is 0 Å². The third-order valence-electron chi connectivity index (χ3n) is 3.50. The summed E-state index contributed by atoms with van der Waals surface area (Å²) in [6.07, 6.45) is 2.02. The molecule has 0 aliphatic carbocycles. The Hall–Kier alpha value is -2.28. The number of hydrogen-bond acceptors (Lipinski definition) is 4. The van der Waals surface area contributed by atoms with Crippen LogP contribution in [-0.2, 0) is 19.5 Å². The van der Waals surface area contributed by atoms with Crippen LogP contribution in [0.2, 0.25) is 5.02 Å². The third-order valence-corrected chi connectivity index (χ3v) is 3.74. The van der Waals surface area contributed by atoms with Crippen LogP contribution >= 0.6 is 11.6 Å². The molecule has 2 amide bonds. The van der Waals surface area contributed by atoms with Gasteiger partial charge in [0.2, 0.25) is 0 Å². The molecule has 0 bridgehead atoms. The minimum Gasteiger partial charge on any atom is -0.495 e. The number of benzene rings is 1. The largest absolute Gasteiger partial charge is 0.495 e. The van der Waals surface area contributed by atoms with Crippen molar-refractivity contribution in [2.45, 2.75) is 25.9 Å². The predicted octanol–water partition coefficient (Wildman–Crippen LogP) is 2.21. The van der Waals surface area contributed by atoms with E-state index in [2.05, 4.69) is 20.8 Å². The summed E-state index contributed by atoms with van der Waals surface area (Å²) in [6.45, 7) is 1.23. The van der Waals surface area contributed by atoms with Crippen molar-refractivity contribution in [1.29, 1.82) is 0 Å². The molecule has 0 spiro atoms. The molecule has 2 aromatic rings. The van der Waals surface area contributed by atoms with Crippen LogP contribution in [0.5, 0.6) is 5.75 Å². The number of aryl methyl sites for hydroxylation is 1. The molecular weight excluding hydrogens is 306 g/mol. The van der Waals surface area contributed by atoms with Gasteiger partial charge < -0.3 is 19.9 Å². The molecule has 0 saturated carbocycles. The summed E-state index contributed by atoms with van der Waals surface area (Å²) in [4.78, 5) is 12.0. The Morgan fingerprint density at radius 1 is 1.45 bits per heavy atom. The maximum absolute atomic E-state index is 12.0. The first-order valence-electron chi connectivity index (χ1n) is 6.96. The summed E-state index contributed by atoms with van der Waals surface area (Å²) in [5, 5.41) is 14.2. The predicted molar refractivity (Wildman–Crippen MR) is 82.2 cm³/mol. The van der Waals surface area contributed by atoms with Gasteiger partial charge in [-0.25, -0.2) is 4.79 Å². The molecule has 8 heteroatoms. The molecule has 116 valence electrons. The summed E-state index contributed by atoms with van der Waals surface area (Å²) in [5.41, 5.74) is 0.513. The minimum absolute atomic E-state index is 0.321. The van der Waals surface area contributed by atoms with Gasteiger partial charge in [0.1, 0.15) is 11.6 Å². The fourth-order valence-corrected chi connectivity index (χ4v) is 2.62. The fourth-order valence-electron chi connectivity index (χ4n) is 2.45.